The third kappa shape index (κ3) is 5.03. The standard InChI is InChI=1S/C27H21ClN2O3S2/c1-35(32,33)30(17-18-9-11-21(28)12-10-18)22-13-14-25-20(15-22)16-26(34-25)27(31)29-24-8-4-6-19-5-2-3-7-23(19)24/h2-16H,17H2,1H3,(H,29,31). The predicted octanol–water partition coefficient (Wildman–Crippen LogP) is 6.93. The van der Waals surface area contributed by atoms with Crippen LogP contribution in [0.5, 0.6) is 0 Å². The van der Waals surface area contributed by atoms with E-state index in [0.717, 1.165) is 32.1 Å². The second-order valence-electron chi connectivity index (χ2n) is 8.21. The molecule has 176 valence electrons. The number of benzene rings is 4. The molecule has 0 saturated carbocycles. The van der Waals surface area contributed by atoms with Crippen LogP contribution in [-0.4, -0.2) is 20.6 Å². The van der Waals surface area contributed by atoms with Crippen molar-refractivity contribution in [2.24, 2.45) is 0 Å². The van der Waals surface area contributed by atoms with Crippen LogP contribution in [-0.2, 0) is 16.6 Å². The Morgan fingerprint density at radius 1 is 0.914 bits per heavy atom. The summed E-state index contributed by atoms with van der Waals surface area (Å²) in [7, 11) is -3.54. The van der Waals surface area contributed by atoms with E-state index < -0.39 is 10.0 Å². The number of halogens is 1. The van der Waals surface area contributed by atoms with Crippen molar-refractivity contribution in [3.63, 3.8) is 0 Å². The minimum atomic E-state index is -3.54. The van der Waals surface area contributed by atoms with Crippen LogP contribution < -0.4 is 9.62 Å². The summed E-state index contributed by atoms with van der Waals surface area (Å²) < 4.78 is 27.5. The lowest BCUT2D eigenvalue weighted by molar-refractivity contribution is 0.103. The van der Waals surface area contributed by atoms with Crippen molar-refractivity contribution in [1.29, 1.82) is 0 Å². The third-order valence-corrected chi connectivity index (χ3v) is 8.20. The van der Waals surface area contributed by atoms with E-state index in [4.69, 9.17) is 11.6 Å². The van der Waals surface area contributed by atoms with Gasteiger partial charge in [-0.2, -0.15) is 0 Å². The predicted molar refractivity (Wildman–Crippen MR) is 146 cm³/mol. The third-order valence-electron chi connectivity index (χ3n) is 5.69. The van der Waals surface area contributed by atoms with Gasteiger partial charge >= 0.3 is 0 Å². The quantitative estimate of drug-likeness (QED) is 0.264. The SMILES string of the molecule is CS(=O)(=O)N(Cc1ccc(Cl)cc1)c1ccc2sc(C(=O)Nc3cccc4ccccc34)cc2c1. The van der Waals surface area contributed by atoms with Gasteiger partial charge in [0.05, 0.1) is 23.4 Å². The first-order valence-corrected chi connectivity index (χ1v) is 13.9. The number of sulfonamides is 1. The van der Waals surface area contributed by atoms with Crippen molar-refractivity contribution in [3.8, 4) is 0 Å². The highest BCUT2D eigenvalue weighted by Crippen LogP contribution is 2.32. The second kappa shape index (κ2) is 9.34. The number of hydrogen-bond donors (Lipinski definition) is 1. The summed E-state index contributed by atoms with van der Waals surface area (Å²) in [4.78, 5) is 13.6. The topological polar surface area (TPSA) is 66.5 Å². The second-order valence-corrected chi connectivity index (χ2v) is 11.6. The first kappa shape index (κ1) is 23.4. The van der Waals surface area contributed by atoms with Crippen LogP contribution in [0.15, 0.2) is 91.0 Å². The molecule has 35 heavy (non-hydrogen) atoms. The van der Waals surface area contributed by atoms with Crippen LogP contribution in [0, 0.1) is 0 Å². The molecular weight excluding hydrogens is 500 g/mol. The zero-order chi connectivity index (χ0) is 24.6. The molecule has 1 N–H and O–H groups in total. The molecule has 0 unspecified atom stereocenters. The van der Waals surface area contributed by atoms with Gasteiger partial charge in [-0.25, -0.2) is 8.42 Å². The van der Waals surface area contributed by atoms with Crippen molar-refractivity contribution >= 4 is 71.1 Å². The molecule has 1 aromatic heterocycles. The van der Waals surface area contributed by atoms with E-state index in [1.807, 2.05) is 48.5 Å². The highest BCUT2D eigenvalue weighted by Gasteiger charge is 2.20. The monoisotopic (exact) mass is 520 g/mol. The normalized spacial score (nSPS) is 11.6. The van der Waals surface area contributed by atoms with E-state index in [2.05, 4.69) is 5.32 Å². The number of hydrogen-bond acceptors (Lipinski definition) is 4. The molecule has 0 aliphatic carbocycles. The number of rotatable bonds is 6. The molecule has 5 nitrogen and oxygen atoms in total. The summed E-state index contributed by atoms with van der Waals surface area (Å²) in [5, 5.41) is 6.43. The van der Waals surface area contributed by atoms with Gasteiger partial charge in [0.1, 0.15) is 0 Å². The highest BCUT2D eigenvalue weighted by molar-refractivity contribution is 7.92. The van der Waals surface area contributed by atoms with E-state index in [1.54, 1.807) is 42.5 Å². The summed E-state index contributed by atoms with van der Waals surface area (Å²) in [5.41, 5.74) is 2.10. The van der Waals surface area contributed by atoms with E-state index in [-0.39, 0.29) is 12.5 Å². The van der Waals surface area contributed by atoms with Crippen molar-refractivity contribution in [1.82, 2.24) is 0 Å². The van der Waals surface area contributed by atoms with Crippen molar-refractivity contribution in [2.45, 2.75) is 6.54 Å². The van der Waals surface area contributed by atoms with Gasteiger partial charge in [0.2, 0.25) is 10.0 Å². The van der Waals surface area contributed by atoms with Crippen LogP contribution in [0.25, 0.3) is 20.9 Å². The average Bonchev–Trinajstić information content (AvgIpc) is 3.27. The molecule has 0 radical (unpaired) electrons. The van der Waals surface area contributed by atoms with E-state index in [9.17, 15) is 13.2 Å². The number of amides is 1. The minimum Gasteiger partial charge on any atom is -0.321 e. The molecule has 0 atom stereocenters. The molecule has 5 rings (SSSR count). The summed E-state index contributed by atoms with van der Waals surface area (Å²) in [6.07, 6.45) is 1.18. The summed E-state index contributed by atoms with van der Waals surface area (Å²) in [6, 6.07) is 28.0. The lowest BCUT2D eigenvalue weighted by atomic mass is 10.1. The van der Waals surface area contributed by atoms with Crippen LogP contribution in [0.2, 0.25) is 5.02 Å². The van der Waals surface area contributed by atoms with Gasteiger partial charge in [-0.1, -0.05) is 60.1 Å². The number of thiophene rings is 1. The van der Waals surface area contributed by atoms with Crippen molar-refractivity contribution < 1.29 is 13.2 Å². The van der Waals surface area contributed by atoms with E-state index in [0.29, 0.717) is 15.6 Å². The first-order valence-electron chi connectivity index (χ1n) is 10.8. The Hall–Kier alpha value is -3.39. The molecule has 1 amide bonds. The Kier molecular flexibility index (Phi) is 6.23. The molecular formula is C27H21ClN2O3S2. The number of carbonyl (C=O) groups excluding carboxylic acids is 1. The molecule has 1 heterocycles. The molecule has 4 aromatic carbocycles. The molecule has 0 aliphatic heterocycles. The van der Waals surface area contributed by atoms with Gasteiger partial charge in [0.15, 0.2) is 0 Å². The van der Waals surface area contributed by atoms with Crippen molar-refractivity contribution in [2.75, 3.05) is 15.9 Å². The number of fused-ring (bicyclic) bond motifs is 2. The maximum Gasteiger partial charge on any atom is 0.265 e. The first-order chi connectivity index (χ1) is 16.8. The number of carbonyl (C=O) groups is 1. The Morgan fingerprint density at radius 2 is 1.66 bits per heavy atom. The molecule has 0 spiro atoms. The average molecular weight is 521 g/mol. The highest BCUT2D eigenvalue weighted by atomic mass is 35.5. The molecule has 0 saturated heterocycles. The summed E-state index contributed by atoms with van der Waals surface area (Å²) >= 11 is 7.33. The maximum atomic E-state index is 13.1. The fourth-order valence-electron chi connectivity index (χ4n) is 3.97. The Bertz CT molecular complexity index is 1660. The molecule has 0 bridgehead atoms. The lowest BCUT2D eigenvalue weighted by Gasteiger charge is -2.22. The maximum absolute atomic E-state index is 13.1. The minimum absolute atomic E-state index is 0.181. The largest absolute Gasteiger partial charge is 0.321 e. The lowest BCUT2D eigenvalue weighted by Crippen LogP contribution is -2.29. The molecule has 8 heteroatoms. The van der Waals surface area contributed by atoms with Crippen molar-refractivity contribution in [3.05, 3.63) is 106 Å². The van der Waals surface area contributed by atoms with Crippen LogP contribution in [0.4, 0.5) is 11.4 Å². The number of anilines is 2. The number of nitrogens with zero attached hydrogens (tertiary/aromatic N) is 1. The fourth-order valence-corrected chi connectivity index (χ4v) is 5.92. The molecule has 0 aliphatic rings. The molecule has 5 aromatic rings. The number of nitrogens with one attached hydrogen (secondary N) is 1. The fraction of sp³-hybridized carbons (Fsp3) is 0.0741. The van der Waals surface area contributed by atoms with Gasteiger partial charge in [0, 0.05) is 20.8 Å². The van der Waals surface area contributed by atoms with Gasteiger partial charge < -0.3 is 5.32 Å². The summed E-state index contributed by atoms with van der Waals surface area (Å²) in [6.45, 7) is 0.181. The van der Waals surface area contributed by atoms with Crippen LogP contribution >= 0.6 is 22.9 Å². The van der Waals surface area contributed by atoms with Gasteiger partial charge in [0.25, 0.3) is 5.91 Å². The summed E-state index contributed by atoms with van der Waals surface area (Å²) in [5.74, 6) is -0.203. The van der Waals surface area contributed by atoms with Crippen LogP contribution in [0.1, 0.15) is 15.2 Å². The van der Waals surface area contributed by atoms with Gasteiger partial charge in [-0.15, -0.1) is 11.3 Å². The van der Waals surface area contributed by atoms with E-state index >= 15 is 0 Å². The Labute approximate surface area is 212 Å². The van der Waals surface area contributed by atoms with Crippen LogP contribution in [0.3, 0.4) is 0 Å². The Morgan fingerprint density at radius 3 is 2.43 bits per heavy atom. The Balaban J connectivity index is 1.44. The molecule has 0 fully saturated rings. The zero-order valence-electron chi connectivity index (χ0n) is 18.7. The smallest absolute Gasteiger partial charge is 0.265 e. The zero-order valence-corrected chi connectivity index (χ0v) is 21.1. The van der Waals surface area contributed by atoms with Gasteiger partial charge in [-0.05, 0) is 58.8 Å². The van der Waals surface area contributed by atoms with Gasteiger partial charge in [-0.3, -0.25) is 9.10 Å². The van der Waals surface area contributed by atoms with E-state index in [1.165, 1.54) is 21.9 Å².